The molecule has 174 valence electrons. The van der Waals surface area contributed by atoms with E-state index in [-0.39, 0.29) is 11.7 Å². The summed E-state index contributed by atoms with van der Waals surface area (Å²) < 4.78 is 12.5. The minimum absolute atomic E-state index is 0.0615. The molecule has 0 saturated carbocycles. The molecule has 0 aliphatic carbocycles. The van der Waals surface area contributed by atoms with Crippen LogP contribution in [0.15, 0.2) is 47.5 Å². The fraction of sp³-hybridized carbons (Fsp3) is 0.238. The number of anilines is 1. The van der Waals surface area contributed by atoms with E-state index in [1.807, 2.05) is 11.5 Å². The fourth-order valence-corrected chi connectivity index (χ4v) is 4.79. The number of allylic oxidation sites excluding steroid dienone is 1. The van der Waals surface area contributed by atoms with Crippen molar-refractivity contribution in [3.05, 3.63) is 63.7 Å². The Hall–Kier alpha value is -2.53. The third kappa shape index (κ3) is 6.29. The monoisotopic (exact) mass is 526 g/mol. The topological polar surface area (TPSA) is 95.3 Å². The Balaban J connectivity index is 1.69. The molecule has 1 amide bonds. The van der Waals surface area contributed by atoms with Crippen molar-refractivity contribution < 1.29 is 19.1 Å². The molecule has 3 rings (SSSR count). The highest BCUT2D eigenvalue weighted by Gasteiger charge is 2.21. The highest BCUT2D eigenvalue weighted by atomic mass is 35.5. The van der Waals surface area contributed by atoms with E-state index < -0.39 is 12.1 Å². The standard InChI is InChI=1S/C21H20Cl2N4O4S2/c1-4-8-27-18(12(2)31-16-6-5-13(22)10-15(16)23)25-26-21(27)33-11-17(28)24-19-14(7-9-32-19)20(29)30-3/h4-7,9-10,12H,1,8,11H2,2-3H3,(H,24,28). The molecule has 0 bridgehead atoms. The quantitative estimate of drug-likeness (QED) is 0.212. The second-order valence-corrected chi connectivity index (χ2v) is 9.27. The van der Waals surface area contributed by atoms with Crippen LogP contribution < -0.4 is 10.1 Å². The van der Waals surface area contributed by atoms with E-state index in [1.54, 1.807) is 35.7 Å². The maximum atomic E-state index is 12.5. The molecule has 1 N–H and O–H groups in total. The number of hydrogen-bond acceptors (Lipinski definition) is 8. The number of halogens is 2. The number of benzene rings is 1. The number of thiophene rings is 1. The van der Waals surface area contributed by atoms with Crippen LogP contribution in [-0.4, -0.2) is 39.5 Å². The van der Waals surface area contributed by atoms with Gasteiger partial charge in [-0.05, 0) is 36.6 Å². The highest BCUT2D eigenvalue weighted by molar-refractivity contribution is 7.99. The zero-order valence-electron chi connectivity index (χ0n) is 17.7. The van der Waals surface area contributed by atoms with Crippen LogP contribution in [-0.2, 0) is 16.1 Å². The lowest BCUT2D eigenvalue weighted by Gasteiger charge is -2.16. The Kier molecular flexibility index (Phi) is 8.79. The van der Waals surface area contributed by atoms with Gasteiger partial charge in [-0.15, -0.1) is 28.1 Å². The maximum absolute atomic E-state index is 12.5. The molecule has 8 nitrogen and oxygen atoms in total. The second kappa shape index (κ2) is 11.6. The zero-order valence-corrected chi connectivity index (χ0v) is 20.9. The van der Waals surface area contributed by atoms with Crippen LogP contribution in [0.5, 0.6) is 5.75 Å². The Labute approximate surface area is 208 Å². The lowest BCUT2D eigenvalue weighted by atomic mass is 10.3. The summed E-state index contributed by atoms with van der Waals surface area (Å²) in [6.07, 6.45) is 1.22. The summed E-state index contributed by atoms with van der Waals surface area (Å²) in [5.41, 5.74) is 0.310. The lowest BCUT2D eigenvalue weighted by molar-refractivity contribution is -0.113. The van der Waals surface area contributed by atoms with Gasteiger partial charge in [0, 0.05) is 11.6 Å². The van der Waals surface area contributed by atoms with E-state index in [1.165, 1.54) is 30.2 Å². The number of methoxy groups -OCH3 is 1. The molecule has 0 aliphatic rings. The zero-order chi connectivity index (χ0) is 24.0. The molecule has 1 aromatic carbocycles. The molecule has 0 saturated heterocycles. The molecule has 0 radical (unpaired) electrons. The Morgan fingerprint density at radius 3 is 2.82 bits per heavy atom. The van der Waals surface area contributed by atoms with Crippen LogP contribution in [0.4, 0.5) is 5.00 Å². The van der Waals surface area contributed by atoms with Crippen LogP contribution in [0, 0.1) is 0 Å². The number of ether oxygens (including phenoxy) is 2. The van der Waals surface area contributed by atoms with E-state index in [2.05, 4.69) is 22.1 Å². The average molecular weight is 527 g/mol. The van der Waals surface area contributed by atoms with Gasteiger partial charge in [-0.25, -0.2) is 4.79 Å². The van der Waals surface area contributed by atoms with Crippen molar-refractivity contribution >= 4 is 63.2 Å². The van der Waals surface area contributed by atoms with E-state index in [9.17, 15) is 9.59 Å². The van der Waals surface area contributed by atoms with Gasteiger partial charge in [0.1, 0.15) is 10.8 Å². The summed E-state index contributed by atoms with van der Waals surface area (Å²) >= 11 is 14.6. The number of rotatable bonds is 10. The molecule has 2 aromatic heterocycles. The van der Waals surface area contributed by atoms with Gasteiger partial charge in [0.05, 0.1) is 23.4 Å². The highest BCUT2D eigenvalue weighted by Crippen LogP contribution is 2.32. The first-order chi connectivity index (χ1) is 15.8. The van der Waals surface area contributed by atoms with Crippen molar-refractivity contribution in [1.82, 2.24) is 14.8 Å². The van der Waals surface area contributed by atoms with Crippen molar-refractivity contribution in [3.63, 3.8) is 0 Å². The first-order valence-corrected chi connectivity index (χ1v) is 12.2. The number of nitrogens with zero attached hydrogens (tertiary/aromatic N) is 3. The van der Waals surface area contributed by atoms with Gasteiger partial charge < -0.3 is 14.8 Å². The van der Waals surface area contributed by atoms with Crippen molar-refractivity contribution in [2.24, 2.45) is 0 Å². The SMILES string of the molecule is C=CCn1c(SCC(=O)Nc2sccc2C(=O)OC)nnc1C(C)Oc1ccc(Cl)cc1Cl. The average Bonchev–Trinajstić information content (AvgIpc) is 3.41. The van der Waals surface area contributed by atoms with Crippen LogP contribution in [0.2, 0.25) is 10.0 Å². The third-order valence-corrected chi connectivity index (χ3v) is 6.60. The predicted octanol–water partition coefficient (Wildman–Crippen LogP) is 5.49. The Bertz CT molecular complexity index is 1170. The van der Waals surface area contributed by atoms with Crippen molar-refractivity contribution in [3.8, 4) is 5.75 Å². The third-order valence-electron chi connectivity index (χ3n) is 4.27. The molecule has 3 aromatic rings. The number of carbonyl (C=O) groups excluding carboxylic acids is 2. The number of amides is 1. The lowest BCUT2D eigenvalue weighted by Crippen LogP contribution is -2.16. The van der Waals surface area contributed by atoms with Gasteiger partial charge in [-0.2, -0.15) is 0 Å². The largest absolute Gasteiger partial charge is 0.481 e. The van der Waals surface area contributed by atoms with Crippen molar-refractivity contribution in [2.45, 2.75) is 24.7 Å². The van der Waals surface area contributed by atoms with Gasteiger partial charge >= 0.3 is 5.97 Å². The molecule has 0 aliphatic heterocycles. The molecule has 0 fully saturated rings. The van der Waals surface area contributed by atoms with Gasteiger partial charge in [0.25, 0.3) is 0 Å². The van der Waals surface area contributed by atoms with Crippen LogP contribution in [0.3, 0.4) is 0 Å². The van der Waals surface area contributed by atoms with Gasteiger partial charge in [-0.1, -0.05) is 41.0 Å². The van der Waals surface area contributed by atoms with Crippen LogP contribution in [0.25, 0.3) is 0 Å². The molecule has 1 atom stereocenters. The number of carbonyl (C=O) groups is 2. The Morgan fingerprint density at radius 2 is 2.12 bits per heavy atom. The summed E-state index contributed by atoms with van der Waals surface area (Å²) in [5.74, 6) is 0.276. The van der Waals surface area contributed by atoms with Crippen LogP contribution >= 0.6 is 46.3 Å². The summed E-state index contributed by atoms with van der Waals surface area (Å²) in [7, 11) is 1.29. The van der Waals surface area contributed by atoms with Crippen LogP contribution in [0.1, 0.15) is 29.2 Å². The molecule has 2 heterocycles. The van der Waals surface area contributed by atoms with Crippen molar-refractivity contribution in [1.29, 1.82) is 0 Å². The van der Waals surface area contributed by atoms with E-state index in [0.29, 0.717) is 43.9 Å². The molecular weight excluding hydrogens is 507 g/mol. The minimum Gasteiger partial charge on any atom is -0.481 e. The van der Waals surface area contributed by atoms with Gasteiger partial charge in [0.2, 0.25) is 5.91 Å². The Morgan fingerprint density at radius 1 is 1.33 bits per heavy atom. The maximum Gasteiger partial charge on any atom is 0.340 e. The van der Waals surface area contributed by atoms with E-state index in [0.717, 1.165) is 0 Å². The number of nitrogens with one attached hydrogen (secondary N) is 1. The summed E-state index contributed by atoms with van der Waals surface area (Å²) in [4.78, 5) is 24.2. The summed E-state index contributed by atoms with van der Waals surface area (Å²) in [5, 5.41) is 14.7. The second-order valence-electron chi connectivity index (χ2n) is 6.57. The molecule has 0 spiro atoms. The smallest absolute Gasteiger partial charge is 0.340 e. The number of thioether (sulfide) groups is 1. The first-order valence-electron chi connectivity index (χ1n) is 9.58. The normalized spacial score (nSPS) is 11.6. The van der Waals surface area contributed by atoms with E-state index >= 15 is 0 Å². The number of hydrogen-bond donors (Lipinski definition) is 1. The van der Waals surface area contributed by atoms with Gasteiger partial charge in [0.15, 0.2) is 17.1 Å². The number of aromatic nitrogens is 3. The summed E-state index contributed by atoms with van der Waals surface area (Å²) in [6, 6.07) is 6.56. The minimum atomic E-state index is -0.510. The molecule has 1 unspecified atom stereocenters. The van der Waals surface area contributed by atoms with E-state index in [4.69, 9.17) is 32.7 Å². The fourth-order valence-electron chi connectivity index (χ4n) is 2.79. The predicted molar refractivity (Wildman–Crippen MR) is 131 cm³/mol. The first kappa shape index (κ1) is 25.1. The molecule has 33 heavy (non-hydrogen) atoms. The van der Waals surface area contributed by atoms with Crippen molar-refractivity contribution in [2.75, 3.05) is 18.2 Å². The molecule has 12 heteroatoms. The summed E-state index contributed by atoms with van der Waals surface area (Å²) in [6.45, 7) is 6.02. The molecular formula is C21H20Cl2N4O4S2. The number of esters is 1. The van der Waals surface area contributed by atoms with Gasteiger partial charge in [-0.3, -0.25) is 9.36 Å².